The summed E-state index contributed by atoms with van der Waals surface area (Å²) in [5.41, 5.74) is 2.72. The molecule has 0 spiro atoms. The Morgan fingerprint density at radius 3 is 2.65 bits per heavy atom. The second kappa shape index (κ2) is 6.94. The van der Waals surface area contributed by atoms with Crippen LogP contribution in [0.25, 0.3) is 0 Å². The number of likely N-dealkylation sites (N-methyl/N-ethyl adjacent to an activating group) is 1. The summed E-state index contributed by atoms with van der Waals surface area (Å²) < 4.78 is 0. The second-order valence-electron chi connectivity index (χ2n) is 6.26. The van der Waals surface area contributed by atoms with Crippen LogP contribution in [0.1, 0.15) is 67.1 Å². The molecule has 0 radical (unpaired) electrons. The van der Waals surface area contributed by atoms with E-state index in [4.69, 9.17) is 0 Å². The highest BCUT2D eigenvalue weighted by molar-refractivity contribution is 6.02. The van der Waals surface area contributed by atoms with E-state index in [1.54, 1.807) is 11.9 Å². The Hall–Kier alpha value is -2.17. The van der Waals surface area contributed by atoms with Crippen LogP contribution in [-0.2, 0) is 9.59 Å². The van der Waals surface area contributed by atoms with E-state index in [1.807, 2.05) is 25.1 Å². The fourth-order valence-electron chi connectivity index (χ4n) is 3.15. The Balaban J connectivity index is 2.38. The predicted molar refractivity (Wildman–Crippen MR) is 88.3 cm³/mol. The summed E-state index contributed by atoms with van der Waals surface area (Å²) >= 11 is 0. The zero-order chi connectivity index (χ0) is 17.1. The average molecular weight is 316 g/mol. The van der Waals surface area contributed by atoms with Crippen molar-refractivity contribution in [3.8, 4) is 0 Å². The Bertz CT molecular complexity index is 625. The molecule has 0 saturated carbocycles. The van der Waals surface area contributed by atoms with Gasteiger partial charge < -0.3 is 15.0 Å². The number of fused-ring (bicyclic) bond motifs is 1. The molecule has 0 aliphatic carbocycles. The summed E-state index contributed by atoms with van der Waals surface area (Å²) in [4.78, 5) is 37.4. The van der Waals surface area contributed by atoms with E-state index in [1.165, 1.54) is 0 Å². The van der Waals surface area contributed by atoms with Gasteiger partial charge in [0, 0.05) is 19.0 Å². The molecule has 2 amide bonds. The maximum atomic E-state index is 12.9. The Morgan fingerprint density at radius 1 is 1.39 bits per heavy atom. The predicted octanol–water partition coefficient (Wildman–Crippen LogP) is 2.42. The lowest BCUT2D eigenvalue weighted by Gasteiger charge is -2.30. The first kappa shape index (κ1) is 17.2. The molecule has 1 aromatic carbocycles. The zero-order valence-electron chi connectivity index (χ0n) is 14.1. The lowest BCUT2D eigenvalue weighted by molar-refractivity contribution is -0.126. The molecule has 2 atom stereocenters. The molecule has 1 heterocycles. The van der Waals surface area contributed by atoms with Crippen LogP contribution >= 0.6 is 0 Å². The van der Waals surface area contributed by atoms with Gasteiger partial charge in [-0.15, -0.1) is 0 Å². The van der Waals surface area contributed by atoms with Crippen molar-refractivity contribution in [2.45, 2.75) is 51.6 Å². The summed E-state index contributed by atoms with van der Waals surface area (Å²) in [5, 5.41) is 2.60. The largest absolute Gasteiger partial charge is 0.357 e. The third kappa shape index (κ3) is 3.14. The molecule has 1 N–H and O–H groups in total. The molecule has 1 aliphatic heterocycles. The number of hydrogen-bond acceptors (Lipinski definition) is 3. The summed E-state index contributed by atoms with van der Waals surface area (Å²) in [6.45, 7) is 6.09. The van der Waals surface area contributed by atoms with Crippen molar-refractivity contribution in [2.75, 3.05) is 7.05 Å². The van der Waals surface area contributed by atoms with Crippen LogP contribution in [0.5, 0.6) is 0 Å². The number of hydrogen-bond donors (Lipinski definition) is 1. The minimum absolute atomic E-state index is 0.130. The van der Waals surface area contributed by atoms with Gasteiger partial charge in [0.25, 0.3) is 5.91 Å². The van der Waals surface area contributed by atoms with Gasteiger partial charge in [-0.05, 0) is 36.5 Å². The number of aldehydes is 1. The molecule has 23 heavy (non-hydrogen) atoms. The molecular weight excluding hydrogens is 292 g/mol. The molecule has 2 rings (SSSR count). The van der Waals surface area contributed by atoms with Gasteiger partial charge in [0.2, 0.25) is 5.91 Å². The van der Waals surface area contributed by atoms with Gasteiger partial charge in [-0.25, -0.2) is 0 Å². The van der Waals surface area contributed by atoms with Crippen molar-refractivity contribution < 1.29 is 14.4 Å². The third-order valence-electron chi connectivity index (χ3n) is 4.52. The molecular formula is C18H24N2O3. The molecule has 2 unspecified atom stereocenters. The van der Waals surface area contributed by atoms with Crippen LogP contribution in [0.15, 0.2) is 18.2 Å². The second-order valence-corrected chi connectivity index (χ2v) is 6.26. The van der Waals surface area contributed by atoms with Crippen LogP contribution in [0.2, 0.25) is 0 Å². The summed E-state index contributed by atoms with van der Waals surface area (Å²) in [5.74, 6) is -0.0271. The van der Waals surface area contributed by atoms with E-state index in [2.05, 4.69) is 19.2 Å². The number of rotatable bonds is 6. The van der Waals surface area contributed by atoms with Gasteiger partial charge in [-0.1, -0.05) is 26.0 Å². The molecule has 1 aromatic rings. The smallest absolute Gasteiger partial charge is 0.255 e. The van der Waals surface area contributed by atoms with E-state index in [9.17, 15) is 14.4 Å². The van der Waals surface area contributed by atoms with E-state index in [0.29, 0.717) is 17.9 Å². The molecule has 0 saturated heterocycles. The van der Waals surface area contributed by atoms with Crippen LogP contribution in [-0.4, -0.2) is 36.1 Å². The van der Waals surface area contributed by atoms with E-state index in [-0.39, 0.29) is 24.3 Å². The highest BCUT2D eigenvalue weighted by Crippen LogP contribution is 2.37. The van der Waals surface area contributed by atoms with Crippen molar-refractivity contribution >= 4 is 18.1 Å². The molecule has 0 fully saturated rings. The van der Waals surface area contributed by atoms with Gasteiger partial charge in [-0.3, -0.25) is 9.59 Å². The summed E-state index contributed by atoms with van der Waals surface area (Å²) in [7, 11) is 1.55. The van der Waals surface area contributed by atoms with E-state index in [0.717, 1.165) is 17.4 Å². The maximum absolute atomic E-state index is 12.9. The van der Waals surface area contributed by atoms with Gasteiger partial charge in [-0.2, -0.15) is 0 Å². The molecule has 0 bridgehead atoms. The standard InChI is InChI=1S/C18H24N2O3/c1-11(2)13-7-8-14-12(3)20(18(23)15(14)10-13)16(6-5-9-21)17(22)19-4/h7-12,16H,5-6H2,1-4H3,(H,19,22). The van der Waals surface area contributed by atoms with Gasteiger partial charge in [0.05, 0.1) is 6.04 Å². The third-order valence-corrected chi connectivity index (χ3v) is 4.52. The van der Waals surface area contributed by atoms with Crippen molar-refractivity contribution in [1.29, 1.82) is 0 Å². The molecule has 1 aliphatic rings. The van der Waals surface area contributed by atoms with Crippen LogP contribution in [0.4, 0.5) is 0 Å². The highest BCUT2D eigenvalue weighted by Gasteiger charge is 2.40. The Labute approximate surface area is 137 Å². The minimum Gasteiger partial charge on any atom is -0.357 e. The van der Waals surface area contributed by atoms with Crippen molar-refractivity contribution in [3.63, 3.8) is 0 Å². The number of nitrogens with one attached hydrogen (secondary N) is 1. The quantitative estimate of drug-likeness (QED) is 0.820. The summed E-state index contributed by atoms with van der Waals surface area (Å²) in [6.07, 6.45) is 1.37. The fraction of sp³-hybridized carbons (Fsp3) is 0.500. The number of carbonyl (C=O) groups is 3. The van der Waals surface area contributed by atoms with Crippen LogP contribution in [0, 0.1) is 0 Å². The fourth-order valence-corrected chi connectivity index (χ4v) is 3.15. The lowest BCUT2D eigenvalue weighted by Crippen LogP contribution is -2.47. The van der Waals surface area contributed by atoms with Crippen molar-refractivity contribution in [2.24, 2.45) is 0 Å². The zero-order valence-corrected chi connectivity index (χ0v) is 14.1. The Morgan fingerprint density at radius 2 is 2.09 bits per heavy atom. The van der Waals surface area contributed by atoms with Gasteiger partial charge in [0.15, 0.2) is 0 Å². The van der Waals surface area contributed by atoms with Crippen LogP contribution < -0.4 is 5.32 Å². The SMILES string of the molecule is CNC(=O)C(CCC=O)N1C(=O)c2cc(C(C)C)ccc2C1C. The van der Waals surface area contributed by atoms with Crippen molar-refractivity contribution in [1.82, 2.24) is 10.2 Å². The number of benzene rings is 1. The number of nitrogens with zero attached hydrogens (tertiary/aromatic N) is 1. The first-order valence-electron chi connectivity index (χ1n) is 8.04. The summed E-state index contributed by atoms with van der Waals surface area (Å²) in [6, 6.07) is 5.15. The van der Waals surface area contributed by atoms with E-state index < -0.39 is 6.04 Å². The highest BCUT2D eigenvalue weighted by atomic mass is 16.2. The molecule has 5 nitrogen and oxygen atoms in total. The molecule has 0 aromatic heterocycles. The normalized spacial score (nSPS) is 18.0. The lowest BCUT2D eigenvalue weighted by atomic mass is 9.97. The number of carbonyl (C=O) groups excluding carboxylic acids is 3. The first-order chi connectivity index (χ1) is 10.9. The Kier molecular flexibility index (Phi) is 5.19. The molecule has 124 valence electrons. The van der Waals surface area contributed by atoms with Crippen molar-refractivity contribution in [3.05, 3.63) is 34.9 Å². The molecule has 5 heteroatoms. The van der Waals surface area contributed by atoms with E-state index >= 15 is 0 Å². The monoisotopic (exact) mass is 316 g/mol. The van der Waals surface area contributed by atoms with Gasteiger partial charge >= 0.3 is 0 Å². The van der Waals surface area contributed by atoms with Gasteiger partial charge in [0.1, 0.15) is 12.3 Å². The maximum Gasteiger partial charge on any atom is 0.255 e. The number of amides is 2. The first-order valence-corrected chi connectivity index (χ1v) is 8.04. The topological polar surface area (TPSA) is 66.5 Å². The minimum atomic E-state index is -0.623. The van der Waals surface area contributed by atoms with Crippen LogP contribution in [0.3, 0.4) is 0 Å². The average Bonchev–Trinajstić information content (AvgIpc) is 2.79.